The Morgan fingerprint density at radius 2 is 1.84 bits per heavy atom. The number of ether oxygens (including phenoxy) is 1. The highest BCUT2D eigenvalue weighted by Gasteiger charge is 2.36. The molecule has 1 aliphatic rings. The summed E-state index contributed by atoms with van der Waals surface area (Å²) in [5.41, 5.74) is 0.547. The fourth-order valence-corrected chi connectivity index (χ4v) is 2.89. The number of carboxylic acids is 1. The van der Waals surface area contributed by atoms with Crippen LogP contribution < -0.4 is 0 Å². The molecule has 6 nitrogen and oxygen atoms in total. The van der Waals surface area contributed by atoms with Crippen molar-refractivity contribution in [3.8, 4) is 0 Å². The lowest BCUT2D eigenvalue weighted by Crippen LogP contribution is -2.43. The van der Waals surface area contributed by atoms with Crippen molar-refractivity contribution in [3.05, 3.63) is 35.4 Å². The van der Waals surface area contributed by atoms with Gasteiger partial charge < -0.3 is 14.7 Å². The molecule has 0 bridgehead atoms. The van der Waals surface area contributed by atoms with Crippen LogP contribution in [0.15, 0.2) is 24.3 Å². The molecule has 1 aromatic rings. The molecule has 1 heterocycles. The van der Waals surface area contributed by atoms with Crippen LogP contribution >= 0.6 is 0 Å². The van der Waals surface area contributed by atoms with E-state index in [0.29, 0.717) is 19.4 Å². The van der Waals surface area contributed by atoms with Gasteiger partial charge in [-0.3, -0.25) is 4.79 Å². The highest BCUT2D eigenvalue weighted by atomic mass is 16.6. The van der Waals surface area contributed by atoms with E-state index >= 15 is 0 Å². The van der Waals surface area contributed by atoms with Gasteiger partial charge in [0.25, 0.3) is 0 Å². The molecular formula is C19H25NO5. The molecule has 0 unspecified atom stereocenters. The number of aryl methyl sites for hydroxylation is 1. The minimum Gasteiger partial charge on any atom is -0.478 e. The molecule has 1 saturated heterocycles. The van der Waals surface area contributed by atoms with Gasteiger partial charge in [0.2, 0.25) is 5.91 Å². The van der Waals surface area contributed by atoms with Crippen molar-refractivity contribution >= 4 is 17.8 Å². The highest BCUT2D eigenvalue weighted by molar-refractivity contribution is 5.87. The molecule has 1 aromatic carbocycles. The standard InChI is InChI=1S/C19H25NO5/c1-19(2,3)25-18(24)15-5-4-12-20(15)16(21)11-8-13-6-9-14(10-7-13)17(22)23/h6-7,9-10,15H,4-5,8,11-12H2,1-3H3,(H,22,23)/t15-/m1/s1. The van der Waals surface area contributed by atoms with Crippen molar-refractivity contribution in [1.82, 2.24) is 4.90 Å². The van der Waals surface area contributed by atoms with E-state index in [1.165, 1.54) is 12.1 Å². The van der Waals surface area contributed by atoms with Crippen LogP contribution in [0.4, 0.5) is 0 Å². The van der Waals surface area contributed by atoms with E-state index in [4.69, 9.17) is 9.84 Å². The van der Waals surface area contributed by atoms with Crippen molar-refractivity contribution in [3.63, 3.8) is 0 Å². The van der Waals surface area contributed by atoms with Gasteiger partial charge in [-0.15, -0.1) is 0 Å². The summed E-state index contributed by atoms with van der Waals surface area (Å²) in [5, 5.41) is 8.89. The number of esters is 1. The van der Waals surface area contributed by atoms with Gasteiger partial charge in [-0.1, -0.05) is 12.1 Å². The number of hydrogen-bond acceptors (Lipinski definition) is 4. The minimum absolute atomic E-state index is 0.0735. The Bertz CT molecular complexity index is 645. The van der Waals surface area contributed by atoms with Gasteiger partial charge in [-0.25, -0.2) is 9.59 Å². The number of carbonyl (C=O) groups excluding carboxylic acids is 2. The lowest BCUT2D eigenvalue weighted by Gasteiger charge is -2.27. The third-order valence-corrected chi connectivity index (χ3v) is 4.08. The topological polar surface area (TPSA) is 83.9 Å². The van der Waals surface area contributed by atoms with Crippen molar-refractivity contribution in [1.29, 1.82) is 0 Å². The van der Waals surface area contributed by atoms with Crippen molar-refractivity contribution in [2.75, 3.05) is 6.54 Å². The summed E-state index contributed by atoms with van der Waals surface area (Å²) in [4.78, 5) is 37.2. The zero-order valence-electron chi connectivity index (χ0n) is 14.9. The zero-order valence-corrected chi connectivity index (χ0v) is 14.9. The fraction of sp³-hybridized carbons (Fsp3) is 0.526. The molecule has 1 fully saturated rings. The predicted molar refractivity (Wildman–Crippen MR) is 92.3 cm³/mol. The van der Waals surface area contributed by atoms with E-state index < -0.39 is 17.6 Å². The van der Waals surface area contributed by atoms with Crippen molar-refractivity contribution in [2.45, 2.75) is 58.1 Å². The second kappa shape index (κ2) is 7.68. The maximum atomic E-state index is 12.5. The largest absolute Gasteiger partial charge is 0.478 e. The number of rotatable bonds is 5. The van der Waals surface area contributed by atoms with Crippen LogP contribution in [0.2, 0.25) is 0 Å². The Kier molecular flexibility index (Phi) is 5.82. The first kappa shape index (κ1) is 19.0. The summed E-state index contributed by atoms with van der Waals surface area (Å²) < 4.78 is 5.41. The summed E-state index contributed by atoms with van der Waals surface area (Å²) in [7, 11) is 0. The van der Waals surface area contributed by atoms with Gasteiger partial charge in [0.05, 0.1) is 5.56 Å². The predicted octanol–water partition coefficient (Wildman–Crippen LogP) is 2.65. The van der Waals surface area contributed by atoms with Crippen LogP contribution in [0.1, 0.15) is 56.0 Å². The van der Waals surface area contributed by atoms with E-state index in [9.17, 15) is 14.4 Å². The molecule has 1 aliphatic heterocycles. The molecule has 6 heteroatoms. The average molecular weight is 347 g/mol. The van der Waals surface area contributed by atoms with Crippen LogP contribution in [0.25, 0.3) is 0 Å². The van der Waals surface area contributed by atoms with Crippen LogP contribution in [-0.4, -0.2) is 46.0 Å². The number of carboxylic acid groups (broad SMARTS) is 1. The lowest BCUT2D eigenvalue weighted by atomic mass is 10.1. The fourth-order valence-electron chi connectivity index (χ4n) is 2.89. The van der Waals surface area contributed by atoms with Gasteiger partial charge in [0.15, 0.2) is 0 Å². The number of hydrogen-bond donors (Lipinski definition) is 1. The zero-order chi connectivity index (χ0) is 18.6. The highest BCUT2D eigenvalue weighted by Crippen LogP contribution is 2.22. The Balaban J connectivity index is 1.93. The molecule has 0 aliphatic carbocycles. The number of aromatic carboxylic acids is 1. The van der Waals surface area contributed by atoms with Gasteiger partial charge in [-0.2, -0.15) is 0 Å². The Morgan fingerprint density at radius 1 is 1.20 bits per heavy atom. The molecule has 0 radical (unpaired) electrons. The quantitative estimate of drug-likeness (QED) is 0.828. The van der Waals surface area contributed by atoms with E-state index in [0.717, 1.165) is 12.0 Å². The first-order valence-electron chi connectivity index (χ1n) is 8.52. The van der Waals surface area contributed by atoms with Gasteiger partial charge in [0.1, 0.15) is 11.6 Å². The Morgan fingerprint density at radius 3 is 2.40 bits per heavy atom. The normalized spacial score (nSPS) is 17.4. The smallest absolute Gasteiger partial charge is 0.335 e. The molecule has 1 amide bonds. The second-order valence-corrected chi connectivity index (χ2v) is 7.28. The summed E-state index contributed by atoms with van der Waals surface area (Å²) in [6.07, 6.45) is 2.22. The molecule has 2 rings (SSSR count). The monoisotopic (exact) mass is 347 g/mol. The molecule has 0 saturated carbocycles. The molecule has 1 atom stereocenters. The third-order valence-electron chi connectivity index (χ3n) is 4.08. The molecule has 136 valence electrons. The van der Waals surface area contributed by atoms with E-state index in [1.807, 2.05) is 20.8 Å². The number of nitrogens with zero attached hydrogens (tertiary/aromatic N) is 1. The van der Waals surface area contributed by atoms with Crippen LogP contribution in [0, 0.1) is 0 Å². The number of amides is 1. The van der Waals surface area contributed by atoms with Gasteiger partial charge in [-0.05, 0) is 57.7 Å². The summed E-state index contributed by atoms with van der Waals surface area (Å²) in [6.45, 7) is 6.01. The SMILES string of the molecule is CC(C)(C)OC(=O)[C@H]1CCCN1C(=O)CCc1ccc(C(=O)O)cc1. The summed E-state index contributed by atoms with van der Waals surface area (Å²) in [5.74, 6) is -1.39. The molecule has 0 spiro atoms. The Hall–Kier alpha value is -2.37. The molecular weight excluding hydrogens is 322 g/mol. The number of benzene rings is 1. The second-order valence-electron chi connectivity index (χ2n) is 7.28. The lowest BCUT2D eigenvalue weighted by molar-refractivity contribution is -0.163. The summed E-state index contributed by atoms with van der Waals surface area (Å²) in [6, 6.07) is 5.99. The van der Waals surface area contributed by atoms with Gasteiger partial charge >= 0.3 is 11.9 Å². The third kappa shape index (κ3) is 5.31. The summed E-state index contributed by atoms with van der Waals surface area (Å²) >= 11 is 0. The molecule has 1 N–H and O–H groups in total. The maximum Gasteiger partial charge on any atom is 0.335 e. The number of likely N-dealkylation sites (tertiary alicyclic amines) is 1. The van der Waals surface area contributed by atoms with Crippen LogP contribution in [0.5, 0.6) is 0 Å². The van der Waals surface area contributed by atoms with E-state index in [-0.39, 0.29) is 23.9 Å². The minimum atomic E-state index is -0.972. The molecule has 0 aromatic heterocycles. The average Bonchev–Trinajstić information content (AvgIpc) is 3.01. The van der Waals surface area contributed by atoms with E-state index in [2.05, 4.69) is 0 Å². The maximum absolute atomic E-state index is 12.5. The van der Waals surface area contributed by atoms with E-state index in [1.54, 1.807) is 17.0 Å². The number of carbonyl (C=O) groups is 3. The first-order valence-corrected chi connectivity index (χ1v) is 8.52. The van der Waals surface area contributed by atoms with Crippen LogP contribution in [0.3, 0.4) is 0 Å². The Labute approximate surface area is 147 Å². The van der Waals surface area contributed by atoms with Crippen LogP contribution in [-0.2, 0) is 20.7 Å². The first-order chi connectivity index (χ1) is 11.7. The van der Waals surface area contributed by atoms with Crippen molar-refractivity contribution < 1.29 is 24.2 Å². The van der Waals surface area contributed by atoms with Gasteiger partial charge in [0, 0.05) is 13.0 Å². The van der Waals surface area contributed by atoms with Crippen molar-refractivity contribution in [2.24, 2.45) is 0 Å². The molecule has 25 heavy (non-hydrogen) atoms.